The van der Waals surface area contributed by atoms with Crippen LogP contribution in [0.5, 0.6) is 0 Å². The van der Waals surface area contributed by atoms with Crippen LogP contribution in [0.4, 0.5) is 14.5 Å². The molecular weight excluding hydrogens is 300 g/mol. The fourth-order valence-corrected chi connectivity index (χ4v) is 2.24. The lowest BCUT2D eigenvalue weighted by molar-refractivity contribution is 0.622. The van der Waals surface area contributed by atoms with Crippen LogP contribution in [0.1, 0.15) is 11.1 Å². The zero-order chi connectivity index (χ0) is 13.1. The smallest absolute Gasteiger partial charge is 0.123 e. The standard InChI is InChI=1S/C14H12BrF2N/c15-13-5-3-11(16)7-9(13)1-2-10-8-12(17)4-6-14(10)18/h3-8H,1-2,18H2. The molecular formula is C14H12BrF2N. The number of halogens is 3. The number of hydrogen-bond acceptors (Lipinski definition) is 1. The number of benzene rings is 2. The van der Waals surface area contributed by atoms with Crippen molar-refractivity contribution >= 4 is 21.6 Å². The van der Waals surface area contributed by atoms with Crippen LogP contribution in [0.15, 0.2) is 40.9 Å². The topological polar surface area (TPSA) is 26.0 Å². The molecule has 0 aromatic heterocycles. The van der Waals surface area contributed by atoms with E-state index in [0.29, 0.717) is 18.5 Å². The van der Waals surface area contributed by atoms with E-state index in [-0.39, 0.29) is 11.6 Å². The second-order valence-corrected chi connectivity index (χ2v) is 4.93. The Balaban J connectivity index is 2.16. The summed E-state index contributed by atoms with van der Waals surface area (Å²) in [5, 5.41) is 0. The molecule has 2 rings (SSSR count). The van der Waals surface area contributed by atoms with Crippen molar-refractivity contribution in [3.63, 3.8) is 0 Å². The molecule has 94 valence electrons. The van der Waals surface area contributed by atoms with Crippen molar-refractivity contribution in [2.75, 3.05) is 5.73 Å². The number of rotatable bonds is 3. The van der Waals surface area contributed by atoms with E-state index in [1.807, 2.05) is 0 Å². The predicted octanol–water partition coefficient (Wildman–Crippen LogP) is 4.09. The van der Waals surface area contributed by atoms with E-state index in [0.717, 1.165) is 15.6 Å². The molecule has 0 saturated carbocycles. The van der Waals surface area contributed by atoms with Gasteiger partial charge in [0, 0.05) is 10.2 Å². The molecule has 0 fully saturated rings. The van der Waals surface area contributed by atoms with Crippen LogP contribution in [0, 0.1) is 11.6 Å². The van der Waals surface area contributed by atoms with Crippen LogP contribution in [0.3, 0.4) is 0 Å². The molecule has 0 saturated heterocycles. The minimum absolute atomic E-state index is 0.277. The molecule has 0 spiro atoms. The quantitative estimate of drug-likeness (QED) is 0.849. The zero-order valence-electron chi connectivity index (χ0n) is 9.59. The molecule has 0 aliphatic carbocycles. The van der Waals surface area contributed by atoms with Gasteiger partial charge in [0.2, 0.25) is 0 Å². The average Bonchev–Trinajstić information content (AvgIpc) is 2.34. The Labute approximate surface area is 113 Å². The maximum absolute atomic E-state index is 13.1. The molecule has 0 amide bonds. The van der Waals surface area contributed by atoms with Crippen molar-refractivity contribution in [3.8, 4) is 0 Å². The van der Waals surface area contributed by atoms with Gasteiger partial charge in [-0.3, -0.25) is 0 Å². The summed E-state index contributed by atoms with van der Waals surface area (Å²) in [6, 6.07) is 8.83. The average molecular weight is 312 g/mol. The highest BCUT2D eigenvalue weighted by molar-refractivity contribution is 9.10. The summed E-state index contributed by atoms with van der Waals surface area (Å²) in [4.78, 5) is 0. The number of aryl methyl sites for hydroxylation is 2. The normalized spacial score (nSPS) is 10.6. The van der Waals surface area contributed by atoms with Crippen LogP contribution in [0.25, 0.3) is 0 Å². The molecule has 2 aromatic carbocycles. The minimum Gasteiger partial charge on any atom is -0.399 e. The minimum atomic E-state index is -0.308. The van der Waals surface area contributed by atoms with Gasteiger partial charge in [0.05, 0.1) is 0 Å². The summed E-state index contributed by atoms with van der Waals surface area (Å²) in [5.74, 6) is -0.585. The predicted molar refractivity (Wildman–Crippen MR) is 72.3 cm³/mol. The first-order chi connectivity index (χ1) is 8.56. The Morgan fingerprint density at radius 2 is 1.44 bits per heavy atom. The van der Waals surface area contributed by atoms with Crippen LogP contribution >= 0.6 is 15.9 Å². The van der Waals surface area contributed by atoms with Crippen molar-refractivity contribution in [3.05, 3.63) is 63.6 Å². The van der Waals surface area contributed by atoms with Crippen molar-refractivity contribution < 1.29 is 8.78 Å². The Morgan fingerprint density at radius 1 is 0.889 bits per heavy atom. The molecule has 18 heavy (non-hydrogen) atoms. The first kappa shape index (κ1) is 13.0. The fourth-order valence-electron chi connectivity index (χ4n) is 1.80. The second-order valence-electron chi connectivity index (χ2n) is 4.08. The summed E-state index contributed by atoms with van der Waals surface area (Å²) >= 11 is 3.36. The highest BCUT2D eigenvalue weighted by atomic mass is 79.9. The van der Waals surface area contributed by atoms with E-state index >= 15 is 0 Å². The van der Waals surface area contributed by atoms with Crippen LogP contribution in [0.2, 0.25) is 0 Å². The van der Waals surface area contributed by atoms with Gasteiger partial charge in [0.15, 0.2) is 0 Å². The van der Waals surface area contributed by atoms with Crippen molar-refractivity contribution in [2.45, 2.75) is 12.8 Å². The summed E-state index contributed by atoms with van der Waals surface area (Å²) in [6.45, 7) is 0. The lowest BCUT2D eigenvalue weighted by atomic mass is 10.0. The maximum Gasteiger partial charge on any atom is 0.123 e. The van der Waals surface area contributed by atoms with Gasteiger partial charge in [-0.1, -0.05) is 15.9 Å². The van der Waals surface area contributed by atoms with Crippen LogP contribution in [-0.4, -0.2) is 0 Å². The molecule has 0 aliphatic heterocycles. The Morgan fingerprint density at radius 3 is 2.17 bits per heavy atom. The molecule has 0 bridgehead atoms. The maximum atomic E-state index is 13.1. The van der Waals surface area contributed by atoms with Gasteiger partial charge < -0.3 is 5.73 Å². The summed E-state index contributed by atoms with van der Waals surface area (Å²) < 4.78 is 27.0. The Hall–Kier alpha value is -1.42. The van der Waals surface area contributed by atoms with Gasteiger partial charge in [-0.15, -0.1) is 0 Å². The summed E-state index contributed by atoms with van der Waals surface area (Å²) in [6.07, 6.45) is 1.18. The van der Waals surface area contributed by atoms with Gasteiger partial charge in [-0.2, -0.15) is 0 Å². The van der Waals surface area contributed by atoms with E-state index in [9.17, 15) is 8.78 Å². The van der Waals surface area contributed by atoms with Gasteiger partial charge in [-0.25, -0.2) is 8.78 Å². The lowest BCUT2D eigenvalue weighted by Crippen LogP contribution is -1.99. The molecule has 0 radical (unpaired) electrons. The largest absolute Gasteiger partial charge is 0.399 e. The lowest BCUT2D eigenvalue weighted by Gasteiger charge is -2.07. The van der Waals surface area contributed by atoms with E-state index in [4.69, 9.17) is 5.73 Å². The SMILES string of the molecule is Nc1ccc(F)cc1CCc1cc(F)ccc1Br. The molecule has 2 aromatic rings. The number of nitrogens with two attached hydrogens (primary N) is 1. The molecule has 0 heterocycles. The van der Waals surface area contributed by atoms with E-state index < -0.39 is 0 Å². The first-order valence-corrected chi connectivity index (χ1v) is 6.33. The number of anilines is 1. The monoisotopic (exact) mass is 311 g/mol. The molecule has 4 heteroatoms. The molecule has 1 nitrogen and oxygen atoms in total. The molecule has 0 aliphatic rings. The highest BCUT2D eigenvalue weighted by Gasteiger charge is 2.05. The van der Waals surface area contributed by atoms with Crippen LogP contribution in [-0.2, 0) is 12.8 Å². The van der Waals surface area contributed by atoms with Gasteiger partial charge in [0.1, 0.15) is 11.6 Å². The molecule has 0 unspecified atom stereocenters. The van der Waals surface area contributed by atoms with Crippen molar-refractivity contribution in [1.29, 1.82) is 0 Å². The van der Waals surface area contributed by atoms with E-state index in [1.165, 1.54) is 24.3 Å². The van der Waals surface area contributed by atoms with Gasteiger partial charge >= 0.3 is 0 Å². The third-order valence-electron chi connectivity index (χ3n) is 2.78. The Kier molecular flexibility index (Phi) is 3.97. The Bertz CT molecular complexity index is 518. The third-order valence-corrected chi connectivity index (χ3v) is 3.55. The third kappa shape index (κ3) is 3.07. The van der Waals surface area contributed by atoms with E-state index in [2.05, 4.69) is 15.9 Å². The van der Waals surface area contributed by atoms with Gasteiger partial charge in [-0.05, 0) is 60.4 Å². The van der Waals surface area contributed by atoms with Gasteiger partial charge in [0.25, 0.3) is 0 Å². The molecule has 0 atom stereocenters. The second kappa shape index (κ2) is 5.48. The molecule has 2 N–H and O–H groups in total. The highest BCUT2D eigenvalue weighted by Crippen LogP contribution is 2.21. The number of hydrogen-bond donors (Lipinski definition) is 1. The van der Waals surface area contributed by atoms with Crippen LogP contribution < -0.4 is 5.73 Å². The van der Waals surface area contributed by atoms with E-state index in [1.54, 1.807) is 12.1 Å². The summed E-state index contributed by atoms with van der Waals surface area (Å²) in [5.41, 5.74) is 7.92. The fraction of sp³-hybridized carbons (Fsp3) is 0.143. The summed E-state index contributed by atoms with van der Waals surface area (Å²) in [7, 11) is 0. The number of nitrogen functional groups attached to an aromatic ring is 1. The zero-order valence-corrected chi connectivity index (χ0v) is 11.2. The first-order valence-electron chi connectivity index (χ1n) is 5.54. The van der Waals surface area contributed by atoms with Crippen molar-refractivity contribution in [2.24, 2.45) is 0 Å². The van der Waals surface area contributed by atoms with Crippen molar-refractivity contribution in [1.82, 2.24) is 0 Å².